The van der Waals surface area contributed by atoms with Crippen molar-refractivity contribution in [3.05, 3.63) is 131 Å². The molecule has 4 rings (SSSR count). The molecule has 0 aliphatic carbocycles. The molecule has 0 spiro atoms. The van der Waals surface area contributed by atoms with Crippen molar-refractivity contribution in [1.82, 2.24) is 0 Å². The van der Waals surface area contributed by atoms with Crippen molar-refractivity contribution in [3.8, 4) is 0 Å². The summed E-state index contributed by atoms with van der Waals surface area (Å²) in [6.07, 6.45) is 1.08. The van der Waals surface area contributed by atoms with Gasteiger partial charge in [-0.15, -0.1) is 0 Å². The van der Waals surface area contributed by atoms with Gasteiger partial charge in [-0.1, -0.05) is 91.9 Å². The van der Waals surface area contributed by atoms with Crippen LogP contribution in [0.3, 0.4) is 0 Å². The maximum atomic E-state index is 3.51. The molecule has 2 N–H and O–H groups in total. The van der Waals surface area contributed by atoms with Crippen LogP contribution >= 0.6 is 0 Å². The lowest BCUT2D eigenvalue weighted by molar-refractivity contribution is 0.777. The van der Waals surface area contributed by atoms with Crippen LogP contribution in [0.25, 0.3) is 0 Å². The molecule has 2 nitrogen and oxygen atoms in total. The minimum atomic E-state index is 0.409. The molecular formula is C29H30N2. The van der Waals surface area contributed by atoms with Gasteiger partial charge in [0.25, 0.3) is 0 Å². The van der Waals surface area contributed by atoms with Gasteiger partial charge in [0.2, 0.25) is 0 Å². The SMILES string of the molecule is CCC(c1ccc(NCc2ccccc2)cc1)c1ccc(NCc2ccccc2)cc1. The van der Waals surface area contributed by atoms with Gasteiger partial charge in [0.1, 0.15) is 0 Å². The molecule has 0 aliphatic rings. The standard InChI is InChI=1S/C29H30N2/c1-2-29(25-13-17-27(18-14-25)30-21-23-9-5-3-6-10-23)26-15-19-28(20-16-26)31-22-24-11-7-4-8-12-24/h3-20,29-31H,2,21-22H2,1H3. The molecular weight excluding hydrogens is 376 g/mol. The topological polar surface area (TPSA) is 24.1 Å². The van der Waals surface area contributed by atoms with Gasteiger partial charge < -0.3 is 10.6 Å². The summed E-state index contributed by atoms with van der Waals surface area (Å²) in [6.45, 7) is 3.94. The van der Waals surface area contributed by atoms with E-state index in [0.717, 1.165) is 30.9 Å². The van der Waals surface area contributed by atoms with Crippen molar-refractivity contribution in [1.29, 1.82) is 0 Å². The third kappa shape index (κ3) is 5.76. The van der Waals surface area contributed by atoms with Gasteiger partial charge in [-0.25, -0.2) is 0 Å². The van der Waals surface area contributed by atoms with E-state index >= 15 is 0 Å². The average Bonchev–Trinajstić information content (AvgIpc) is 2.85. The monoisotopic (exact) mass is 406 g/mol. The molecule has 0 saturated heterocycles. The van der Waals surface area contributed by atoms with Crippen LogP contribution in [-0.4, -0.2) is 0 Å². The first kappa shape index (κ1) is 20.7. The number of rotatable bonds is 9. The average molecular weight is 407 g/mol. The lowest BCUT2D eigenvalue weighted by atomic mass is 9.89. The predicted molar refractivity (Wildman–Crippen MR) is 133 cm³/mol. The van der Waals surface area contributed by atoms with Crippen LogP contribution < -0.4 is 10.6 Å². The molecule has 4 aromatic rings. The van der Waals surface area contributed by atoms with Crippen molar-refractivity contribution in [2.45, 2.75) is 32.4 Å². The van der Waals surface area contributed by atoms with Gasteiger partial charge in [-0.2, -0.15) is 0 Å². The number of hydrogen-bond donors (Lipinski definition) is 2. The van der Waals surface area contributed by atoms with E-state index in [2.05, 4.69) is 127 Å². The highest BCUT2D eigenvalue weighted by atomic mass is 14.9. The molecule has 0 bridgehead atoms. The summed E-state index contributed by atoms with van der Waals surface area (Å²) in [7, 11) is 0. The summed E-state index contributed by atoms with van der Waals surface area (Å²) < 4.78 is 0. The van der Waals surface area contributed by atoms with Crippen molar-refractivity contribution in [2.75, 3.05) is 10.6 Å². The Kier molecular flexibility index (Phi) is 7.02. The summed E-state index contributed by atoms with van der Waals surface area (Å²) in [5, 5.41) is 7.02. The minimum Gasteiger partial charge on any atom is -0.381 e. The molecule has 0 atom stereocenters. The van der Waals surface area contributed by atoms with E-state index in [1.807, 2.05) is 0 Å². The zero-order valence-electron chi connectivity index (χ0n) is 18.1. The molecule has 4 aromatic carbocycles. The molecule has 0 radical (unpaired) electrons. The third-order valence-corrected chi connectivity index (χ3v) is 5.71. The number of benzene rings is 4. The first-order valence-corrected chi connectivity index (χ1v) is 11.1. The van der Waals surface area contributed by atoms with Gasteiger partial charge in [0.15, 0.2) is 0 Å². The zero-order valence-corrected chi connectivity index (χ0v) is 18.1. The first-order valence-electron chi connectivity index (χ1n) is 11.1. The normalized spacial score (nSPS) is 10.8. The molecule has 156 valence electrons. The number of anilines is 2. The maximum Gasteiger partial charge on any atom is 0.0400 e. The summed E-state index contributed by atoms with van der Waals surface area (Å²) in [4.78, 5) is 0. The number of nitrogens with one attached hydrogen (secondary N) is 2. The van der Waals surface area contributed by atoms with E-state index in [1.165, 1.54) is 22.3 Å². The fourth-order valence-electron chi connectivity index (χ4n) is 3.93. The molecule has 0 saturated carbocycles. The Balaban J connectivity index is 1.37. The van der Waals surface area contributed by atoms with Gasteiger partial charge in [0.05, 0.1) is 0 Å². The summed E-state index contributed by atoms with van der Waals surface area (Å²) in [5.41, 5.74) is 7.61. The van der Waals surface area contributed by atoms with E-state index < -0.39 is 0 Å². The fourth-order valence-corrected chi connectivity index (χ4v) is 3.93. The van der Waals surface area contributed by atoms with E-state index in [-0.39, 0.29) is 0 Å². The summed E-state index contributed by atoms with van der Waals surface area (Å²) in [6, 6.07) is 38.8. The molecule has 0 amide bonds. The highest BCUT2D eigenvalue weighted by Crippen LogP contribution is 2.29. The minimum absolute atomic E-state index is 0.409. The highest BCUT2D eigenvalue weighted by Gasteiger charge is 2.12. The molecule has 0 unspecified atom stereocenters. The Morgan fingerprint density at radius 3 is 1.26 bits per heavy atom. The van der Waals surface area contributed by atoms with Crippen LogP contribution in [0.15, 0.2) is 109 Å². The van der Waals surface area contributed by atoms with Crippen LogP contribution in [0.1, 0.15) is 41.5 Å². The lowest BCUT2D eigenvalue weighted by Gasteiger charge is -2.18. The van der Waals surface area contributed by atoms with Gasteiger partial charge in [-0.3, -0.25) is 0 Å². The second-order valence-corrected chi connectivity index (χ2v) is 7.88. The fraction of sp³-hybridized carbons (Fsp3) is 0.172. The highest BCUT2D eigenvalue weighted by molar-refractivity contribution is 5.49. The Morgan fingerprint density at radius 2 is 0.903 bits per heavy atom. The third-order valence-electron chi connectivity index (χ3n) is 5.71. The van der Waals surface area contributed by atoms with Crippen LogP contribution in [0.2, 0.25) is 0 Å². The molecule has 0 fully saturated rings. The molecule has 0 aliphatic heterocycles. The van der Waals surface area contributed by atoms with E-state index in [0.29, 0.717) is 5.92 Å². The Hall–Kier alpha value is -3.52. The van der Waals surface area contributed by atoms with Gasteiger partial charge in [0, 0.05) is 30.4 Å². The second kappa shape index (κ2) is 10.5. The Bertz CT molecular complexity index is 952. The van der Waals surface area contributed by atoms with E-state index in [9.17, 15) is 0 Å². The van der Waals surface area contributed by atoms with Gasteiger partial charge >= 0.3 is 0 Å². The van der Waals surface area contributed by atoms with Crippen LogP contribution in [0, 0.1) is 0 Å². The van der Waals surface area contributed by atoms with E-state index in [4.69, 9.17) is 0 Å². The van der Waals surface area contributed by atoms with Crippen LogP contribution in [-0.2, 0) is 13.1 Å². The van der Waals surface area contributed by atoms with Crippen molar-refractivity contribution in [3.63, 3.8) is 0 Å². The Labute approximate surface area is 186 Å². The molecule has 0 aromatic heterocycles. The van der Waals surface area contributed by atoms with Crippen LogP contribution in [0.5, 0.6) is 0 Å². The van der Waals surface area contributed by atoms with Crippen molar-refractivity contribution in [2.24, 2.45) is 0 Å². The molecule has 31 heavy (non-hydrogen) atoms. The quantitative estimate of drug-likeness (QED) is 0.301. The second-order valence-electron chi connectivity index (χ2n) is 7.88. The van der Waals surface area contributed by atoms with Crippen molar-refractivity contribution >= 4 is 11.4 Å². The Morgan fingerprint density at radius 1 is 0.516 bits per heavy atom. The zero-order chi connectivity index (χ0) is 21.3. The van der Waals surface area contributed by atoms with E-state index in [1.54, 1.807) is 0 Å². The predicted octanol–water partition coefficient (Wildman–Crippen LogP) is 7.45. The maximum absolute atomic E-state index is 3.51. The van der Waals surface area contributed by atoms with Crippen LogP contribution in [0.4, 0.5) is 11.4 Å². The van der Waals surface area contributed by atoms with Gasteiger partial charge in [-0.05, 0) is 52.9 Å². The van der Waals surface area contributed by atoms with Crippen molar-refractivity contribution < 1.29 is 0 Å². The largest absolute Gasteiger partial charge is 0.381 e. The number of hydrogen-bond acceptors (Lipinski definition) is 2. The smallest absolute Gasteiger partial charge is 0.0400 e. The lowest BCUT2D eigenvalue weighted by Crippen LogP contribution is -2.03. The first-order chi connectivity index (χ1) is 15.3. The molecule has 2 heteroatoms. The molecule has 0 heterocycles. The summed E-state index contributed by atoms with van der Waals surface area (Å²) in [5.74, 6) is 0.409. The summed E-state index contributed by atoms with van der Waals surface area (Å²) >= 11 is 0.